The Bertz CT molecular complexity index is 952. The molecule has 1 aliphatic rings. The van der Waals surface area contributed by atoms with Crippen LogP contribution in [0.1, 0.15) is 42.6 Å². The van der Waals surface area contributed by atoms with Gasteiger partial charge in [0.05, 0.1) is 18.7 Å². The molecule has 0 bridgehead atoms. The van der Waals surface area contributed by atoms with Crippen LogP contribution in [0.2, 0.25) is 0 Å². The highest BCUT2D eigenvalue weighted by atomic mass is 35.5. The second-order valence-electron chi connectivity index (χ2n) is 7.33. The van der Waals surface area contributed by atoms with Crippen LogP contribution in [0.4, 0.5) is 8.78 Å². The number of nitrogen functional groups attached to an aromatic ring is 1. The van der Waals surface area contributed by atoms with Crippen LogP contribution in [-0.2, 0) is 16.1 Å². The lowest BCUT2D eigenvalue weighted by Gasteiger charge is -2.23. The van der Waals surface area contributed by atoms with Crippen LogP contribution in [-0.4, -0.2) is 29.4 Å². The number of nitrogens with one attached hydrogen (secondary N) is 1. The van der Waals surface area contributed by atoms with Gasteiger partial charge < -0.3 is 15.2 Å². The Kier molecular flexibility index (Phi) is 7.46. The van der Waals surface area contributed by atoms with E-state index < -0.39 is 29.2 Å². The highest BCUT2D eigenvalue weighted by Gasteiger charge is 2.33. The summed E-state index contributed by atoms with van der Waals surface area (Å²) in [6.45, 7) is 1.96. The van der Waals surface area contributed by atoms with Crippen molar-refractivity contribution in [2.24, 2.45) is 11.7 Å². The largest absolute Gasteiger partial charge is 0.490 e. The first kappa shape index (κ1) is 23.0. The number of halogens is 3. The summed E-state index contributed by atoms with van der Waals surface area (Å²) in [7, 11) is 0. The topological polar surface area (TPSA) is 88.6 Å². The van der Waals surface area contributed by atoms with Crippen LogP contribution < -0.4 is 10.5 Å². The number of carbonyl (C=O) groups is 1. The molecule has 166 valence electrons. The lowest BCUT2D eigenvalue weighted by Crippen LogP contribution is -2.30. The van der Waals surface area contributed by atoms with E-state index in [2.05, 4.69) is 0 Å². The fraction of sp³-hybridized carbons (Fsp3) is 0.364. The van der Waals surface area contributed by atoms with Crippen LogP contribution in [0, 0.1) is 23.0 Å². The maximum atomic E-state index is 15.1. The highest BCUT2D eigenvalue weighted by Crippen LogP contribution is 2.34. The number of hydrogen-bond donors (Lipinski definition) is 2. The minimum Gasteiger partial charge on any atom is -0.490 e. The Balaban J connectivity index is 1.80. The number of rotatable bonds is 10. The molecule has 3 rings (SSSR count). The molecule has 0 aliphatic heterocycles. The van der Waals surface area contributed by atoms with Gasteiger partial charge in [-0.3, -0.25) is 10.2 Å². The zero-order valence-corrected chi connectivity index (χ0v) is 17.8. The molecule has 0 heterocycles. The molecule has 6 nitrogen and oxygen atoms in total. The fourth-order valence-electron chi connectivity index (χ4n) is 2.99. The lowest BCUT2D eigenvalue weighted by atomic mass is 10.1. The molecular weight excluding hydrogens is 428 g/mol. The molecule has 1 amide bonds. The third-order valence-corrected chi connectivity index (χ3v) is 5.19. The molecule has 0 saturated heterocycles. The number of hydrogen-bond acceptors (Lipinski definition) is 4. The quantitative estimate of drug-likeness (QED) is 0.320. The average molecular weight is 452 g/mol. The Morgan fingerprint density at radius 3 is 2.52 bits per heavy atom. The second-order valence-corrected chi connectivity index (χ2v) is 7.74. The maximum Gasteiger partial charge on any atom is 0.271 e. The molecule has 0 spiro atoms. The predicted octanol–water partition coefficient (Wildman–Crippen LogP) is 4.30. The van der Waals surface area contributed by atoms with E-state index in [9.17, 15) is 9.18 Å². The summed E-state index contributed by atoms with van der Waals surface area (Å²) in [6, 6.07) is 8.81. The van der Waals surface area contributed by atoms with Gasteiger partial charge in [-0.1, -0.05) is 24.3 Å². The number of ether oxygens (including phenoxy) is 2. The smallest absolute Gasteiger partial charge is 0.271 e. The molecule has 0 radical (unpaired) electrons. The van der Waals surface area contributed by atoms with Crippen molar-refractivity contribution in [3.63, 3.8) is 0 Å². The normalized spacial score (nSPS) is 14.2. The van der Waals surface area contributed by atoms with Gasteiger partial charge in [-0.15, -0.1) is 0 Å². The average Bonchev–Trinajstić information content (AvgIpc) is 3.57. The summed E-state index contributed by atoms with van der Waals surface area (Å²) in [4.78, 5) is 12.9. The molecule has 1 saturated carbocycles. The lowest BCUT2D eigenvalue weighted by molar-refractivity contribution is -0.139. The number of amidine groups is 1. The number of nitrogens with two attached hydrogens (primary N) is 1. The zero-order valence-electron chi connectivity index (χ0n) is 17.0. The first-order valence-electron chi connectivity index (χ1n) is 9.94. The molecule has 0 aromatic heterocycles. The first-order valence-corrected chi connectivity index (χ1v) is 10.3. The summed E-state index contributed by atoms with van der Waals surface area (Å²) in [5, 5.41) is 7.42. The number of carbonyl (C=O) groups excluding carboxylic acids is 1. The minimum atomic E-state index is -1.57. The number of nitrogens with zero attached hydrogens (tertiary/aromatic N) is 1. The third kappa shape index (κ3) is 5.71. The van der Waals surface area contributed by atoms with E-state index in [4.69, 9.17) is 32.4 Å². The van der Waals surface area contributed by atoms with Gasteiger partial charge in [-0.2, -0.15) is 0 Å². The minimum absolute atomic E-state index is 0.0384. The Morgan fingerprint density at radius 2 is 1.94 bits per heavy atom. The van der Waals surface area contributed by atoms with E-state index in [1.54, 1.807) is 31.2 Å². The second kappa shape index (κ2) is 10.1. The van der Waals surface area contributed by atoms with Gasteiger partial charge in [0.2, 0.25) is 0 Å². The molecule has 1 fully saturated rings. The maximum absolute atomic E-state index is 15.1. The molecule has 9 heteroatoms. The van der Waals surface area contributed by atoms with Crippen molar-refractivity contribution >= 4 is 23.5 Å². The fourth-order valence-corrected chi connectivity index (χ4v) is 3.22. The molecule has 2 aromatic rings. The van der Waals surface area contributed by atoms with Gasteiger partial charge in [-0.25, -0.2) is 13.2 Å². The Hall–Kier alpha value is -2.71. The van der Waals surface area contributed by atoms with E-state index >= 15 is 4.39 Å². The van der Waals surface area contributed by atoms with Crippen LogP contribution in [0.15, 0.2) is 36.4 Å². The van der Waals surface area contributed by atoms with Crippen molar-refractivity contribution < 1.29 is 23.0 Å². The van der Waals surface area contributed by atoms with Gasteiger partial charge in [0.1, 0.15) is 11.7 Å². The van der Waals surface area contributed by atoms with E-state index in [0.29, 0.717) is 23.7 Å². The number of benzene rings is 2. The van der Waals surface area contributed by atoms with Crippen LogP contribution in [0.25, 0.3) is 0 Å². The van der Waals surface area contributed by atoms with Crippen LogP contribution in [0.5, 0.6) is 5.75 Å². The van der Waals surface area contributed by atoms with Crippen molar-refractivity contribution in [2.45, 2.75) is 32.4 Å². The van der Waals surface area contributed by atoms with E-state index in [-0.39, 0.29) is 24.7 Å². The molecule has 3 N–H and O–H groups in total. The van der Waals surface area contributed by atoms with Crippen LogP contribution >= 0.6 is 11.8 Å². The Morgan fingerprint density at radius 1 is 1.26 bits per heavy atom. The molecule has 31 heavy (non-hydrogen) atoms. The highest BCUT2D eigenvalue weighted by molar-refractivity contribution is 6.21. The third-order valence-electron chi connectivity index (χ3n) is 4.91. The monoisotopic (exact) mass is 451 g/mol. The molecule has 2 aromatic carbocycles. The summed E-state index contributed by atoms with van der Waals surface area (Å²) in [5.41, 5.74) is 6.07. The van der Waals surface area contributed by atoms with Gasteiger partial charge >= 0.3 is 0 Å². The van der Waals surface area contributed by atoms with E-state index in [1.807, 2.05) is 0 Å². The first-order chi connectivity index (χ1) is 14.8. The van der Waals surface area contributed by atoms with Gasteiger partial charge in [0.15, 0.2) is 17.7 Å². The Labute approximate surface area is 184 Å². The summed E-state index contributed by atoms with van der Waals surface area (Å²) in [6.07, 6.45) is 0.470. The zero-order chi connectivity index (χ0) is 22.5. The molecular formula is C22H24ClF2N3O3. The van der Waals surface area contributed by atoms with Gasteiger partial charge in [0, 0.05) is 23.9 Å². The summed E-state index contributed by atoms with van der Waals surface area (Å²) >= 11 is 6.16. The van der Waals surface area contributed by atoms with Crippen LogP contribution in [0.3, 0.4) is 0 Å². The van der Waals surface area contributed by atoms with Crippen molar-refractivity contribution in [2.75, 3.05) is 13.2 Å². The van der Waals surface area contributed by atoms with Crippen molar-refractivity contribution in [1.82, 2.24) is 4.42 Å². The van der Waals surface area contributed by atoms with E-state index in [1.165, 1.54) is 6.07 Å². The van der Waals surface area contributed by atoms with Crippen molar-refractivity contribution in [3.05, 3.63) is 64.7 Å². The van der Waals surface area contributed by atoms with Crippen molar-refractivity contribution in [1.29, 1.82) is 5.41 Å². The standard InChI is InChI=1S/C22H24ClF2N3O3/c1-2-30-20(18-16(24)9-10-17(19(18)25)31-12-14-3-4-14)22(29)28(23)11-13-5-7-15(8-6-13)21(26)27/h5-10,14,20H,2-4,11-12H2,1H3,(H3,26,27). The molecule has 1 aliphatic carbocycles. The van der Waals surface area contributed by atoms with Crippen molar-refractivity contribution in [3.8, 4) is 5.75 Å². The number of amides is 1. The van der Waals surface area contributed by atoms with E-state index in [0.717, 1.165) is 23.3 Å². The van der Waals surface area contributed by atoms with Gasteiger partial charge in [0.25, 0.3) is 5.91 Å². The SMILES string of the molecule is CCOC(C(=O)N(Cl)Cc1ccc(C(=N)N)cc1)c1c(F)ccc(OCC2CC2)c1F. The van der Waals surface area contributed by atoms with Gasteiger partial charge in [-0.05, 0) is 43.4 Å². The molecule has 1 unspecified atom stereocenters. The predicted molar refractivity (Wildman–Crippen MR) is 113 cm³/mol. The summed E-state index contributed by atoms with van der Waals surface area (Å²) < 4.78 is 41.3. The molecule has 1 atom stereocenters. The summed E-state index contributed by atoms with van der Waals surface area (Å²) in [5.74, 6) is -2.53.